The zero-order valence-corrected chi connectivity index (χ0v) is 8.39. The van der Waals surface area contributed by atoms with Gasteiger partial charge in [0.05, 0.1) is 0 Å². The number of nitrogens with one attached hydrogen (secondary N) is 1. The summed E-state index contributed by atoms with van der Waals surface area (Å²) in [5.74, 6) is 0. The van der Waals surface area contributed by atoms with E-state index in [9.17, 15) is 0 Å². The van der Waals surface area contributed by atoms with Crippen molar-refractivity contribution >= 4 is 24.0 Å². The first-order chi connectivity index (χ1) is 3.13. The van der Waals surface area contributed by atoms with E-state index in [-0.39, 0.29) is 25.4 Å². The smallest absolute Gasteiger partial charge is 0.00127 e. The second kappa shape index (κ2) is 5.82. The van der Waals surface area contributed by atoms with E-state index < -0.39 is 0 Å². The van der Waals surface area contributed by atoms with Gasteiger partial charge in [-0.3, -0.25) is 0 Å². The van der Waals surface area contributed by atoms with Crippen molar-refractivity contribution in [2.24, 2.45) is 0 Å². The maximum absolute atomic E-state index is 3.31. The van der Waals surface area contributed by atoms with E-state index in [1.807, 2.05) is 0 Å². The van der Waals surface area contributed by atoms with Gasteiger partial charge < -0.3 is 5.32 Å². The third-order valence-corrected chi connectivity index (χ3v) is 0.667. The fourth-order valence-corrected chi connectivity index (χ4v) is 0.667. The molecular weight excluding hydrogens is 213 g/mol. The molecule has 1 nitrogen and oxygen atoms in total. The first kappa shape index (κ1) is 11.5. The Morgan fingerprint density at radius 3 is 1.25 bits per heavy atom. The molecule has 0 aromatic heterocycles. The molecule has 54 valence electrons. The van der Waals surface area contributed by atoms with Crippen molar-refractivity contribution in [2.75, 3.05) is 0 Å². The molecule has 2 heteroatoms. The molecular formula is C6H18IN. The third kappa shape index (κ3) is 9.85. The average molecular weight is 231 g/mol. The zero-order valence-electron chi connectivity index (χ0n) is 6.06. The molecule has 0 aromatic rings. The summed E-state index contributed by atoms with van der Waals surface area (Å²) < 4.78 is 0. The maximum Gasteiger partial charge on any atom is 0.00127 e. The van der Waals surface area contributed by atoms with E-state index in [1.165, 1.54) is 0 Å². The van der Waals surface area contributed by atoms with Gasteiger partial charge in [0.15, 0.2) is 0 Å². The standard InChI is InChI=1S/C6H15N.HI.H2/c1-5(2)7-6(3)4;;/h5-7H,1-4H3;2*1H. The van der Waals surface area contributed by atoms with Gasteiger partial charge in [0, 0.05) is 13.5 Å². The molecule has 0 fully saturated rings. The summed E-state index contributed by atoms with van der Waals surface area (Å²) in [5, 5.41) is 3.31. The van der Waals surface area contributed by atoms with E-state index in [2.05, 4.69) is 33.0 Å². The Hall–Kier alpha value is 0.690. The van der Waals surface area contributed by atoms with Crippen LogP contribution in [-0.4, -0.2) is 12.1 Å². The lowest BCUT2D eigenvalue weighted by molar-refractivity contribution is 0.518. The minimum absolute atomic E-state index is 0. The van der Waals surface area contributed by atoms with Gasteiger partial charge in [0.1, 0.15) is 0 Å². The molecule has 0 saturated carbocycles. The summed E-state index contributed by atoms with van der Waals surface area (Å²) in [4.78, 5) is 0. The Morgan fingerprint density at radius 2 is 1.25 bits per heavy atom. The van der Waals surface area contributed by atoms with Crippen LogP contribution in [0.2, 0.25) is 0 Å². The van der Waals surface area contributed by atoms with E-state index in [4.69, 9.17) is 0 Å². The Kier molecular flexibility index (Phi) is 8.35. The minimum Gasteiger partial charge on any atom is -0.312 e. The molecule has 8 heavy (non-hydrogen) atoms. The van der Waals surface area contributed by atoms with Crippen molar-refractivity contribution in [2.45, 2.75) is 39.8 Å². The topological polar surface area (TPSA) is 12.0 Å². The van der Waals surface area contributed by atoms with Crippen molar-refractivity contribution < 1.29 is 1.43 Å². The quantitative estimate of drug-likeness (QED) is 0.719. The number of rotatable bonds is 2. The van der Waals surface area contributed by atoms with Crippen LogP contribution in [0.5, 0.6) is 0 Å². The van der Waals surface area contributed by atoms with Crippen molar-refractivity contribution in [3.05, 3.63) is 0 Å². The second-order valence-corrected chi connectivity index (χ2v) is 2.48. The molecule has 0 heterocycles. The molecule has 0 radical (unpaired) electrons. The predicted molar refractivity (Wildman–Crippen MR) is 50.9 cm³/mol. The lowest BCUT2D eigenvalue weighted by atomic mass is 10.3. The first-order valence-electron chi connectivity index (χ1n) is 2.89. The van der Waals surface area contributed by atoms with Crippen molar-refractivity contribution in [3.63, 3.8) is 0 Å². The SMILES string of the molecule is CC(C)NC(C)C.I.[HH]. The van der Waals surface area contributed by atoms with Gasteiger partial charge in [-0.1, -0.05) is 27.7 Å². The summed E-state index contributed by atoms with van der Waals surface area (Å²) >= 11 is 0. The zero-order chi connectivity index (χ0) is 5.86. The highest BCUT2D eigenvalue weighted by Crippen LogP contribution is 1.80. The number of hydrogen-bond donors (Lipinski definition) is 1. The van der Waals surface area contributed by atoms with Crippen LogP contribution in [0.1, 0.15) is 29.1 Å². The van der Waals surface area contributed by atoms with Gasteiger partial charge in [-0.05, 0) is 0 Å². The molecule has 0 aromatic carbocycles. The van der Waals surface area contributed by atoms with Gasteiger partial charge >= 0.3 is 0 Å². The highest BCUT2D eigenvalue weighted by atomic mass is 127. The van der Waals surface area contributed by atoms with Crippen molar-refractivity contribution in [3.8, 4) is 0 Å². The van der Waals surface area contributed by atoms with Crippen molar-refractivity contribution in [1.82, 2.24) is 5.32 Å². The van der Waals surface area contributed by atoms with Crippen LogP contribution in [0.15, 0.2) is 0 Å². The van der Waals surface area contributed by atoms with Gasteiger partial charge in [-0.2, -0.15) is 0 Å². The Balaban J connectivity index is -0.000000180. The van der Waals surface area contributed by atoms with E-state index >= 15 is 0 Å². The van der Waals surface area contributed by atoms with Crippen molar-refractivity contribution in [1.29, 1.82) is 0 Å². The predicted octanol–water partition coefficient (Wildman–Crippen LogP) is 2.26. The normalized spacial score (nSPS) is 9.75. The molecule has 0 aliphatic heterocycles. The van der Waals surface area contributed by atoms with Crippen LogP contribution < -0.4 is 5.32 Å². The number of halogens is 1. The summed E-state index contributed by atoms with van der Waals surface area (Å²) in [6.45, 7) is 8.61. The fourth-order valence-electron chi connectivity index (χ4n) is 0.667. The van der Waals surface area contributed by atoms with E-state index in [1.54, 1.807) is 0 Å². The number of hydrogen-bond acceptors (Lipinski definition) is 1. The Labute approximate surface area is 70.7 Å². The molecule has 0 atom stereocenters. The molecule has 0 unspecified atom stereocenters. The van der Waals surface area contributed by atoms with E-state index in [0.717, 1.165) is 0 Å². The summed E-state index contributed by atoms with van der Waals surface area (Å²) in [6.07, 6.45) is 0. The van der Waals surface area contributed by atoms with Gasteiger partial charge in [0.25, 0.3) is 0 Å². The first-order valence-corrected chi connectivity index (χ1v) is 2.89. The molecule has 0 aliphatic rings. The van der Waals surface area contributed by atoms with Crippen LogP contribution in [0, 0.1) is 0 Å². The van der Waals surface area contributed by atoms with Gasteiger partial charge in [-0.25, -0.2) is 0 Å². The summed E-state index contributed by atoms with van der Waals surface area (Å²) in [7, 11) is 0. The second-order valence-electron chi connectivity index (χ2n) is 2.48. The minimum atomic E-state index is 0. The summed E-state index contributed by atoms with van der Waals surface area (Å²) in [6, 6.07) is 1.25. The molecule has 0 bridgehead atoms. The fraction of sp³-hybridized carbons (Fsp3) is 1.00. The molecule has 0 spiro atoms. The largest absolute Gasteiger partial charge is 0.312 e. The lowest BCUT2D eigenvalue weighted by Crippen LogP contribution is -2.29. The van der Waals surface area contributed by atoms with Crippen LogP contribution in [0.4, 0.5) is 0 Å². The highest BCUT2D eigenvalue weighted by molar-refractivity contribution is 14.0. The van der Waals surface area contributed by atoms with Gasteiger partial charge in [-0.15, -0.1) is 24.0 Å². The van der Waals surface area contributed by atoms with Crippen LogP contribution in [0.25, 0.3) is 0 Å². The lowest BCUT2D eigenvalue weighted by Gasteiger charge is -2.10. The van der Waals surface area contributed by atoms with Crippen LogP contribution >= 0.6 is 24.0 Å². The highest BCUT2D eigenvalue weighted by Gasteiger charge is 1.92. The van der Waals surface area contributed by atoms with Crippen LogP contribution in [0.3, 0.4) is 0 Å². The van der Waals surface area contributed by atoms with E-state index in [0.29, 0.717) is 12.1 Å². The third-order valence-electron chi connectivity index (χ3n) is 0.667. The average Bonchev–Trinajstić information content (AvgIpc) is 1.27. The Bertz CT molecular complexity index is 42.3. The van der Waals surface area contributed by atoms with Crippen LogP contribution in [-0.2, 0) is 0 Å². The molecule has 0 amide bonds. The Morgan fingerprint density at radius 1 is 1.00 bits per heavy atom. The molecule has 1 N–H and O–H groups in total. The molecule has 0 rings (SSSR count). The monoisotopic (exact) mass is 231 g/mol. The summed E-state index contributed by atoms with van der Waals surface area (Å²) in [5.41, 5.74) is 0. The van der Waals surface area contributed by atoms with Gasteiger partial charge in [0.2, 0.25) is 0 Å². The maximum atomic E-state index is 3.31. The molecule has 0 aliphatic carbocycles. The molecule has 0 saturated heterocycles.